The number of allylic oxidation sites excluding steroid dienone is 19. The van der Waals surface area contributed by atoms with Crippen molar-refractivity contribution < 1.29 is 15.0 Å². The van der Waals surface area contributed by atoms with Crippen LogP contribution >= 0.6 is 0 Å². The molecular formula is C65H111NO3. The number of rotatable bonds is 52. The number of hydrogen-bond acceptors (Lipinski definition) is 3. The van der Waals surface area contributed by atoms with Crippen molar-refractivity contribution >= 4 is 5.91 Å². The van der Waals surface area contributed by atoms with Crippen LogP contribution in [0.2, 0.25) is 0 Å². The molecule has 0 rings (SSSR count). The number of aliphatic hydroxyl groups is 2. The van der Waals surface area contributed by atoms with Crippen LogP contribution in [-0.4, -0.2) is 34.9 Å². The molecular weight excluding hydrogens is 843 g/mol. The van der Waals surface area contributed by atoms with Crippen LogP contribution < -0.4 is 5.32 Å². The predicted octanol–water partition coefficient (Wildman–Crippen LogP) is 19.6. The van der Waals surface area contributed by atoms with Gasteiger partial charge in [0.05, 0.1) is 18.8 Å². The van der Waals surface area contributed by atoms with Crippen LogP contribution in [0.5, 0.6) is 0 Å². The molecule has 0 spiro atoms. The molecule has 1 amide bonds. The molecule has 0 aromatic heterocycles. The van der Waals surface area contributed by atoms with Crippen LogP contribution in [0.3, 0.4) is 0 Å². The van der Waals surface area contributed by atoms with Gasteiger partial charge in [0, 0.05) is 6.42 Å². The summed E-state index contributed by atoms with van der Waals surface area (Å²) in [5.41, 5.74) is 0. The van der Waals surface area contributed by atoms with Crippen molar-refractivity contribution in [3.05, 3.63) is 122 Å². The molecule has 0 bridgehead atoms. The van der Waals surface area contributed by atoms with Crippen LogP contribution in [0.25, 0.3) is 0 Å². The van der Waals surface area contributed by atoms with Gasteiger partial charge in [0.25, 0.3) is 0 Å². The molecule has 2 unspecified atom stereocenters. The van der Waals surface area contributed by atoms with Gasteiger partial charge in [-0.05, 0) is 89.9 Å². The molecule has 0 aromatic carbocycles. The molecule has 4 heteroatoms. The summed E-state index contributed by atoms with van der Waals surface area (Å²) in [6.07, 6.45) is 90.7. The highest BCUT2D eigenvalue weighted by Gasteiger charge is 2.18. The molecule has 0 aromatic rings. The molecule has 0 aliphatic heterocycles. The summed E-state index contributed by atoms with van der Waals surface area (Å²) in [4.78, 5) is 12.5. The summed E-state index contributed by atoms with van der Waals surface area (Å²) in [5.74, 6) is -0.0735. The van der Waals surface area contributed by atoms with Crippen molar-refractivity contribution in [2.75, 3.05) is 6.61 Å². The SMILES string of the molecule is CC/C=C\C/C=C\C/C=C\C/C=C\C/C=C\C/C=C\C/C=C\C/C=C\C/C=C\CCCCCCCCCCCC(=O)NC(CO)C(O)/C=C/CCCCCCCCCCCCCCCCCCCC. The van der Waals surface area contributed by atoms with Crippen molar-refractivity contribution in [2.45, 2.75) is 276 Å². The Morgan fingerprint density at radius 1 is 0.362 bits per heavy atom. The molecule has 0 radical (unpaired) electrons. The van der Waals surface area contributed by atoms with Crippen molar-refractivity contribution in [3.63, 3.8) is 0 Å². The molecule has 0 aliphatic carbocycles. The predicted molar refractivity (Wildman–Crippen MR) is 308 cm³/mol. The highest BCUT2D eigenvalue weighted by atomic mass is 16.3. The fourth-order valence-electron chi connectivity index (χ4n) is 8.29. The highest BCUT2D eigenvalue weighted by Crippen LogP contribution is 2.16. The molecule has 3 N–H and O–H groups in total. The van der Waals surface area contributed by atoms with Gasteiger partial charge in [-0.1, -0.05) is 289 Å². The lowest BCUT2D eigenvalue weighted by Crippen LogP contribution is -2.45. The van der Waals surface area contributed by atoms with Crippen molar-refractivity contribution in [1.82, 2.24) is 5.32 Å². The molecule has 0 heterocycles. The second-order valence-corrected chi connectivity index (χ2v) is 19.3. The number of carbonyl (C=O) groups is 1. The minimum Gasteiger partial charge on any atom is -0.394 e. The third-order valence-corrected chi connectivity index (χ3v) is 12.7. The molecule has 0 saturated heterocycles. The van der Waals surface area contributed by atoms with Crippen LogP contribution in [0, 0.1) is 0 Å². The van der Waals surface area contributed by atoms with Crippen LogP contribution in [0.15, 0.2) is 122 Å². The van der Waals surface area contributed by atoms with E-state index in [0.717, 1.165) is 89.9 Å². The zero-order chi connectivity index (χ0) is 49.9. The minimum atomic E-state index is -0.850. The van der Waals surface area contributed by atoms with E-state index in [1.54, 1.807) is 6.08 Å². The third kappa shape index (κ3) is 55.6. The van der Waals surface area contributed by atoms with Crippen molar-refractivity contribution in [2.24, 2.45) is 0 Å². The minimum absolute atomic E-state index is 0.0735. The number of unbranched alkanes of at least 4 members (excludes halogenated alkanes) is 27. The fourth-order valence-corrected chi connectivity index (χ4v) is 8.29. The van der Waals surface area contributed by atoms with E-state index in [0.29, 0.717) is 6.42 Å². The smallest absolute Gasteiger partial charge is 0.220 e. The van der Waals surface area contributed by atoms with E-state index in [4.69, 9.17) is 0 Å². The number of aliphatic hydroxyl groups excluding tert-OH is 2. The number of amides is 1. The van der Waals surface area contributed by atoms with Crippen molar-refractivity contribution in [3.8, 4) is 0 Å². The first-order chi connectivity index (χ1) is 34.2. The van der Waals surface area contributed by atoms with E-state index in [1.807, 2.05) is 6.08 Å². The van der Waals surface area contributed by atoms with E-state index in [-0.39, 0.29) is 12.5 Å². The first-order valence-electron chi connectivity index (χ1n) is 29.2. The monoisotopic (exact) mass is 954 g/mol. The topological polar surface area (TPSA) is 69.6 Å². The molecule has 0 aliphatic rings. The van der Waals surface area contributed by atoms with Crippen molar-refractivity contribution in [1.29, 1.82) is 0 Å². The van der Waals surface area contributed by atoms with Gasteiger partial charge in [-0.2, -0.15) is 0 Å². The molecule has 69 heavy (non-hydrogen) atoms. The first-order valence-corrected chi connectivity index (χ1v) is 29.2. The largest absolute Gasteiger partial charge is 0.394 e. The number of carbonyl (C=O) groups excluding carboxylic acids is 1. The summed E-state index contributed by atoms with van der Waals surface area (Å²) < 4.78 is 0. The lowest BCUT2D eigenvalue weighted by Gasteiger charge is -2.20. The lowest BCUT2D eigenvalue weighted by molar-refractivity contribution is -0.123. The fraction of sp³-hybridized carbons (Fsp3) is 0.677. The quantitative estimate of drug-likeness (QED) is 0.0420. The molecule has 2 atom stereocenters. The first kappa shape index (κ1) is 65.8. The zero-order valence-electron chi connectivity index (χ0n) is 45.3. The second kappa shape index (κ2) is 59.1. The maximum atomic E-state index is 12.5. The van der Waals surface area contributed by atoms with Gasteiger partial charge in [0.15, 0.2) is 0 Å². The number of nitrogens with one attached hydrogen (secondary N) is 1. The normalized spacial score (nSPS) is 13.7. The second-order valence-electron chi connectivity index (χ2n) is 19.3. The van der Waals surface area contributed by atoms with Crippen LogP contribution in [0.4, 0.5) is 0 Å². The van der Waals surface area contributed by atoms with Gasteiger partial charge in [0.2, 0.25) is 5.91 Å². The Labute approximate surface area is 428 Å². The zero-order valence-corrected chi connectivity index (χ0v) is 45.3. The van der Waals surface area contributed by atoms with Gasteiger partial charge in [-0.25, -0.2) is 0 Å². The Hall–Kier alpha value is -3.21. The maximum Gasteiger partial charge on any atom is 0.220 e. The Morgan fingerprint density at radius 3 is 0.957 bits per heavy atom. The standard InChI is InChI=1S/C65H111NO3/c1-3-5-7-9-11-13-15-17-19-21-23-25-26-27-28-29-30-31-32-33-34-35-36-37-38-39-40-41-43-45-47-49-51-53-55-57-59-61-65(69)66-63(62-67)64(68)60-58-56-54-52-50-48-46-44-42-24-22-20-18-16-14-12-10-8-6-4-2/h5,7,11,13,17,19,23,25,27-28,30-31,33-34,36-37,39-40,58,60,63-64,67-68H,3-4,6,8-10,12,14-16,18,20-22,24,26,29,32,35,38,41-57,59,61-62H2,1-2H3,(H,66,69)/b7-5-,13-11-,19-17-,25-23-,28-27-,31-30-,34-33-,37-36-,40-39-,60-58+. The van der Waals surface area contributed by atoms with E-state index in [2.05, 4.69) is 129 Å². The van der Waals surface area contributed by atoms with Gasteiger partial charge >= 0.3 is 0 Å². The summed E-state index contributed by atoms with van der Waals surface area (Å²) in [6, 6.07) is -0.634. The Morgan fingerprint density at radius 2 is 0.638 bits per heavy atom. The van der Waals surface area contributed by atoms with Gasteiger partial charge in [-0.3, -0.25) is 4.79 Å². The van der Waals surface area contributed by atoms with Gasteiger partial charge < -0.3 is 15.5 Å². The Balaban J connectivity index is 3.61. The average Bonchev–Trinajstić information content (AvgIpc) is 3.35. The Kier molecular flexibility index (Phi) is 56.4. The lowest BCUT2D eigenvalue weighted by atomic mass is 10.0. The molecule has 4 nitrogen and oxygen atoms in total. The van der Waals surface area contributed by atoms with E-state index < -0.39 is 12.1 Å². The average molecular weight is 955 g/mol. The summed E-state index contributed by atoms with van der Waals surface area (Å²) in [5, 5.41) is 23.2. The third-order valence-electron chi connectivity index (χ3n) is 12.7. The van der Waals surface area contributed by atoms with E-state index >= 15 is 0 Å². The molecule has 0 saturated carbocycles. The van der Waals surface area contributed by atoms with E-state index in [1.165, 1.54) is 154 Å². The summed E-state index contributed by atoms with van der Waals surface area (Å²) >= 11 is 0. The van der Waals surface area contributed by atoms with Gasteiger partial charge in [-0.15, -0.1) is 0 Å². The van der Waals surface area contributed by atoms with Crippen LogP contribution in [0.1, 0.15) is 264 Å². The van der Waals surface area contributed by atoms with Gasteiger partial charge in [0.1, 0.15) is 0 Å². The highest BCUT2D eigenvalue weighted by molar-refractivity contribution is 5.76. The Bertz CT molecular complexity index is 1360. The van der Waals surface area contributed by atoms with E-state index in [9.17, 15) is 15.0 Å². The maximum absolute atomic E-state index is 12.5. The summed E-state index contributed by atoms with van der Waals surface area (Å²) in [6.45, 7) is 4.20. The van der Waals surface area contributed by atoms with Crippen LogP contribution in [-0.2, 0) is 4.79 Å². The summed E-state index contributed by atoms with van der Waals surface area (Å²) in [7, 11) is 0. The molecule has 394 valence electrons. The molecule has 0 fully saturated rings. The number of hydrogen-bond donors (Lipinski definition) is 3.